The Balaban J connectivity index is 1.51. The molecule has 7 heteroatoms. The second-order valence-corrected chi connectivity index (χ2v) is 6.90. The van der Waals surface area contributed by atoms with Gasteiger partial charge in [-0.2, -0.15) is 5.10 Å². The summed E-state index contributed by atoms with van der Waals surface area (Å²) >= 11 is 0. The molecule has 1 aromatic carbocycles. The molecule has 7 nitrogen and oxygen atoms in total. The third kappa shape index (κ3) is 3.22. The van der Waals surface area contributed by atoms with E-state index >= 15 is 0 Å². The summed E-state index contributed by atoms with van der Waals surface area (Å²) in [5, 5.41) is 7.70. The lowest BCUT2D eigenvalue weighted by Crippen LogP contribution is -2.15. The highest BCUT2D eigenvalue weighted by Gasteiger charge is 2.12. The smallest absolute Gasteiger partial charge is 0.272 e. The van der Waals surface area contributed by atoms with E-state index in [1.54, 1.807) is 29.2 Å². The Morgan fingerprint density at radius 1 is 0.933 bits per heavy atom. The Labute approximate surface area is 172 Å². The fraction of sp³-hybridized carbons (Fsp3) is 0.0435. The molecule has 0 aliphatic rings. The second-order valence-electron chi connectivity index (χ2n) is 6.90. The van der Waals surface area contributed by atoms with Crippen LogP contribution in [0.3, 0.4) is 0 Å². The van der Waals surface area contributed by atoms with Crippen LogP contribution in [0.4, 0.5) is 5.69 Å². The largest absolute Gasteiger partial charge is 0.347 e. The van der Waals surface area contributed by atoms with E-state index in [-0.39, 0.29) is 5.91 Å². The average molecular weight is 394 g/mol. The molecule has 0 spiro atoms. The minimum Gasteiger partial charge on any atom is -0.347 e. The fourth-order valence-corrected chi connectivity index (χ4v) is 3.43. The van der Waals surface area contributed by atoms with E-state index < -0.39 is 0 Å². The van der Waals surface area contributed by atoms with E-state index in [0.29, 0.717) is 11.4 Å². The van der Waals surface area contributed by atoms with Gasteiger partial charge in [0.05, 0.1) is 11.4 Å². The molecule has 5 rings (SSSR count). The fourth-order valence-electron chi connectivity index (χ4n) is 3.43. The number of pyridine rings is 1. The molecule has 0 saturated heterocycles. The summed E-state index contributed by atoms with van der Waals surface area (Å²) in [7, 11) is 1.84. The Hall–Kier alpha value is -4.26. The van der Waals surface area contributed by atoms with Crippen LogP contribution in [0.25, 0.3) is 28.2 Å². The van der Waals surface area contributed by atoms with Gasteiger partial charge >= 0.3 is 0 Å². The molecule has 0 unspecified atom stereocenters. The van der Waals surface area contributed by atoms with Crippen LogP contribution in [-0.4, -0.2) is 30.1 Å². The first-order valence-corrected chi connectivity index (χ1v) is 9.47. The van der Waals surface area contributed by atoms with Gasteiger partial charge in [0, 0.05) is 54.7 Å². The topological polar surface area (TPSA) is 77.1 Å². The summed E-state index contributed by atoms with van der Waals surface area (Å²) in [4.78, 5) is 21.1. The van der Waals surface area contributed by atoms with Crippen LogP contribution in [0.5, 0.6) is 0 Å². The van der Waals surface area contributed by atoms with Crippen molar-refractivity contribution < 1.29 is 4.79 Å². The van der Waals surface area contributed by atoms with Gasteiger partial charge in [0.2, 0.25) is 0 Å². The lowest BCUT2D eigenvalue weighted by molar-refractivity contribution is 0.101. The number of nitrogens with zero attached hydrogens (tertiary/aromatic N) is 5. The molecule has 0 fully saturated rings. The van der Waals surface area contributed by atoms with E-state index in [0.717, 1.165) is 28.2 Å². The number of hydrogen-bond donors (Lipinski definition) is 1. The van der Waals surface area contributed by atoms with Gasteiger partial charge in [-0.25, -0.2) is 9.50 Å². The maximum Gasteiger partial charge on any atom is 0.272 e. The molecule has 0 saturated carbocycles. The Kier molecular flexibility index (Phi) is 4.33. The molecule has 0 bridgehead atoms. The van der Waals surface area contributed by atoms with E-state index in [2.05, 4.69) is 15.3 Å². The highest BCUT2D eigenvalue weighted by molar-refractivity contribution is 6.03. The number of amides is 1. The van der Waals surface area contributed by atoms with Gasteiger partial charge in [-0.05, 0) is 42.5 Å². The monoisotopic (exact) mass is 394 g/mol. The third-order valence-corrected chi connectivity index (χ3v) is 4.93. The molecule has 5 aromatic rings. The summed E-state index contributed by atoms with van der Waals surface area (Å²) in [5.74, 6) is -0.154. The third-order valence-electron chi connectivity index (χ3n) is 4.93. The molecule has 0 aliphatic carbocycles. The van der Waals surface area contributed by atoms with E-state index in [9.17, 15) is 4.79 Å². The number of aryl methyl sites for hydroxylation is 1. The van der Waals surface area contributed by atoms with Gasteiger partial charge in [0.15, 0.2) is 5.65 Å². The molecule has 0 aliphatic heterocycles. The molecule has 1 N–H and O–H groups in total. The molecule has 4 aromatic heterocycles. The zero-order chi connectivity index (χ0) is 20.5. The Morgan fingerprint density at radius 3 is 2.60 bits per heavy atom. The van der Waals surface area contributed by atoms with Crippen LogP contribution >= 0.6 is 0 Å². The molecule has 0 atom stereocenters. The normalized spacial score (nSPS) is 11.0. The van der Waals surface area contributed by atoms with Gasteiger partial charge in [-0.15, -0.1) is 0 Å². The average Bonchev–Trinajstić information content (AvgIpc) is 3.40. The molecule has 0 radical (unpaired) electrons. The minimum atomic E-state index is -0.154. The molecular formula is C23H18N6O. The van der Waals surface area contributed by atoms with E-state index in [1.807, 2.05) is 72.4 Å². The number of carbonyl (C=O) groups excluding carboxylic acids is 1. The quantitative estimate of drug-likeness (QED) is 0.499. The van der Waals surface area contributed by atoms with Crippen molar-refractivity contribution in [2.45, 2.75) is 0 Å². The summed E-state index contributed by atoms with van der Waals surface area (Å²) in [6.07, 6.45) is 7.09. The number of carbonyl (C=O) groups is 1. The summed E-state index contributed by atoms with van der Waals surface area (Å²) < 4.78 is 3.60. The van der Waals surface area contributed by atoms with Crippen molar-refractivity contribution in [1.82, 2.24) is 24.1 Å². The van der Waals surface area contributed by atoms with Gasteiger partial charge in [-0.1, -0.05) is 12.1 Å². The van der Waals surface area contributed by atoms with Crippen molar-refractivity contribution in [2.75, 3.05) is 5.32 Å². The van der Waals surface area contributed by atoms with Crippen molar-refractivity contribution in [3.05, 3.63) is 91.1 Å². The number of aromatic nitrogens is 5. The van der Waals surface area contributed by atoms with Crippen molar-refractivity contribution in [2.24, 2.45) is 7.05 Å². The molecular weight excluding hydrogens is 376 g/mol. The number of anilines is 1. The highest BCUT2D eigenvalue weighted by Crippen LogP contribution is 2.26. The van der Waals surface area contributed by atoms with Crippen LogP contribution in [0.15, 0.2) is 85.5 Å². The minimum absolute atomic E-state index is 0.154. The predicted molar refractivity (Wildman–Crippen MR) is 115 cm³/mol. The molecule has 1 amide bonds. The van der Waals surface area contributed by atoms with Gasteiger partial charge in [0.25, 0.3) is 5.91 Å². The Bertz CT molecular complexity index is 1350. The first-order valence-electron chi connectivity index (χ1n) is 9.47. The maximum absolute atomic E-state index is 12.6. The van der Waals surface area contributed by atoms with E-state index in [1.165, 1.54) is 0 Å². The van der Waals surface area contributed by atoms with Crippen molar-refractivity contribution in [1.29, 1.82) is 0 Å². The number of fused-ring (bicyclic) bond motifs is 1. The van der Waals surface area contributed by atoms with Crippen LogP contribution in [0.1, 0.15) is 10.5 Å². The van der Waals surface area contributed by atoms with Crippen molar-refractivity contribution in [3.63, 3.8) is 0 Å². The zero-order valence-corrected chi connectivity index (χ0v) is 16.2. The predicted octanol–water partition coefficient (Wildman–Crippen LogP) is 4.05. The first-order chi connectivity index (χ1) is 14.7. The van der Waals surface area contributed by atoms with E-state index in [4.69, 9.17) is 5.10 Å². The lowest BCUT2D eigenvalue weighted by Gasteiger charge is -2.09. The van der Waals surface area contributed by atoms with Crippen molar-refractivity contribution in [3.8, 4) is 22.5 Å². The number of rotatable bonds is 4. The first kappa shape index (κ1) is 17.8. The Morgan fingerprint density at radius 2 is 1.80 bits per heavy atom. The number of nitrogens with one attached hydrogen (secondary N) is 1. The number of hydrogen-bond acceptors (Lipinski definition) is 4. The van der Waals surface area contributed by atoms with Crippen molar-refractivity contribution >= 4 is 17.2 Å². The summed E-state index contributed by atoms with van der Waals surface area (Å²) in [6.45, 7) is 0. The highest BCUT2D eigenvalue weighted by atomic mass is 16.1. The van der Waals surface area contributed by atoms with Gasteiger partial charge < -0.3 is 9.88 Å². The SMILES string of the molecule is Cn1cccc1C(=O)Nc1cccc(-c2ccnc3cc(-c4ccncc4)nn23)c1. The molecule has 30 heavy (non-hydrogen) atoms. The molecule has 146 valence electrons. The van der Waals surface area contributed by atoms with Crippen LogP contribution in [0, 0.1) is 0 Å². The standard InChI is InChI=1S/C23H18N6O/c1-28-13-3-6-21(28)23(30)26-18-5-2-4-17(14-18)20-9-12-25-22-15-19(27-29(20)22)16-7-10-24-11-8-16/h2-15H,1H3,(H,26,30). The van der Waals surface area contributed by atoms with Crippen LogP contribution < -0.4 is 5.32 Å². The zero-order valence-electron chi connectivity index (χ0n) is 16.2. The van der Waals surface area contributed by atoms with Gasteiger partial charge in [-0.3, -0.25) is 9.78 Å². The molecule has 4 heterocycles. The summed E-state index contributed by atoms with van der Waals surface area (Å²) in [5.41, 5.74) is 5.67. The lowest BCUT2D eigenvalue weighted by atomic mass is 10.1. The number of benzene rings is 1. The maximum atomic E-state index is 12.6. The second kappa shape index (κ2) is 7.29. The van der Waals surface area contributed by atoms with Crippen LogP contribution in [0.2, 0.25) is 0 Å². The van der Waals surface area contributed by atoms with Crippen LogP contribution in [-0.2, 0) is 7.05 Å². The summed E-state index contributed by atoms with van der Waals surface area (Å²) in [6, 6.07) is 19.0. The van der Waals surface area contributed by atoms with Gasteiger partial charge in [0.1, 0.15) is 5.69 Å².